The standard InChI is InChI=1S/C17H19N3O6S/c1-11(12-3-6-16-17(9-12)26-8-7-25-16)19-14-5-4-13(27(23,24)18-2)10-15(14)20(21)22/h3-6,9-11,18-19H,7-8H2,1-2H3/t11-/m0/s1. The fourth-order valence-corrected chi connectivity index (χ4v) is 3.47. The van der Waals surface area contributed by atoms with Gasteiger partial charge in [0.2, 0.25) is 10.0 Å². The fraction of sp³-hybridized carbons (Fsp3) is 0.294. The van der Waals surface area contributed by atoms with Gasteiger partial charge in [0, 0.05) is 12.1 Å². The largest absolute Gasteiger partial charge is 0.486 e. The second-order valence-electron chi connectivity index (χ2n) is 5.91. The number of sulfonamides is 1. The maximum absolute atomic E-state index is 11.9. The van der Waals surface area contributed by atoms with Crippen molar-refractivity contribution in [1.29, 1.82) is 0 Å². The number of ether oxygens (including phenoxy) is 2. The first-order valence-electron chi connectivity index (χ1n) is 8.20. The first-order chi connectivity index (χ1) is 12.8. The third-order valence-electron chi connectivity index (χ3n) is 4.18. The predicted molar refractivity (Wildman–Crippen MR) is 98.8 cm³/mol. The van der Waals surface area contributed by atoms with E-state index in [4.69, 9.17) is 9.47 Å². The average molecular weight is 393 g/mol. The Labute approximate surface area is 156 Å². The molecule has 9 nitrogen and oxygen atoms in total. The molecule has 1 heterocycles. The van der Waals surface area contributed by atoms with E-state index in [1.165, 1.54) is 19.2 Å². The molecular formula is C17H19N3O6S. The summed E-state index contributed by atoms with van der Waals surface area (Å²) in [7, 11) is -2.53. The van der Waals surface area contributed by atoms with E-state index < -0.39 is 14.9 Å². The molecule has 2 aromatic carbocycles. The highest BCUT2D eigenvalue weighted by atomic mass is 32.2. The van der Waals surface area contributed by atoms with E-state index in [1.807, 2.05) is 19.1 Å². The summed E-state index contributed by atoms with van der Waals surface area (Å²) in [4.78, 5) is 10.6. The summed E-state index contributed by atoms with van der Waals surface area (Å²) in [5, 5.41) is 14.5. The van der Waals surface area contributed by atoms with Crippen LogP contribution in [-0.2, 0) is 10.0 Å². The van der Waals surface area contributed by atoms with Gasteiger partial charge in [0.1, 0.15) is 18.9 Å². The van der Waals surface area contributed by atoms with Crippen LogP contribution < -0.4 is 19.5 Å². The van der Waals surface area contributed by atoms with Crippen LogP contribution in [0.3, 0.4) is 0 Å². The first kappa shape index (κ1) is 18.9. The van der Waals surface area contributed by atoms with Crippen LogP contribution in [0.15, 0.2) is 41.3 Å². The van der Waals surface area contributed by atoms with Gasteiger partial charge in [-0.2, -0.15) is 0 Å². The van der Waals surface area contributed by atoms with Gasteiger partial charge in [-0.25, -0.2) is 13.1 Å². The first-order valence-corrected chi connectivity index (χ1v) is 9.68. The highest BCUT2D eigenvalue weighted by Crippen LogP contribution is 2.35. The molecule has 1 aliphatic heterocycles. The Hall–Kier alpha value is -2.85. The molecule has 2 aromatic rings. The summed E-state index contributed by atoms with van der Waals surface area (Å²) in [6.45, 7) is 2.80. The number of nitro benzene ring substituents is 1. The molecule has 10 heteroatoms. The van der Waals surface area contributed by atoms with Crippen molar-refractivity contribution in [3.05, 3.63) is 52.1 Å². The van der Waals surface area contributed by atoms with Crippen molar-refractivity contribution in [2.45, 2.75) is 17.9 Å². The Morgan fingerprint density at radius 1 is 1.11 bits per heavy atom. The molecule has 144 valence electrons. The summed E-state index contributed by atoms with van der Waals surface area (Å²) in [5.74, 6) is 1.28. The van der Waals surface area contributed by atoms with Crippen molar-refractivity contribution in [1.82, 2.24) is 4.72 Å². The number of fused-ring (bicyclic) bond motifs is 1. The van der Waals surface area contributed by atoms with Crippen molar-refractivity contribution in [2.75, 3.05) is 25.6 Å². The zero-order valence-electron chi connectivity index (χ0n) is 14.8. The molecule has 2 N–H and O–H groups in total. The van der Waals surface area contributed by atoms with E-state index in [1.54, 1.807) is 6.07 Å². The Bertz CT molecular complexity index is 977. The third kappa shape index (κ3) is 3.96. The van der Waals surface area contributed by atoms with Crippen molar-refractivity contribution in [3.63, 3.8) is 0 Å². The maximum atomic E-state index is 11.9. The highest BCUT2D eigenvalue weighted by molar-refractivity contribution is 7.89. The van der Waals surface area contributed by atoms with E-state index in [9.17, 15) is 18.5 Å². The van der Waals surface area contributed by atoms with Crippen molar-refractivity contribution in [2.24, 2.45) is 0 Å². The number of nitrogens with one attached hydrogen (secondary N) is 2. The summed E-state index contributed by atoms with van der Waals surface area (Å²) in [6, 6.07) is 8.90. The Balaban J connectivity index is 1.89. The van der Waals surface area contributed by atoms with Crippen molar-refractivity contribution < 1.29 is 22.8 Å². The van der Waals surface area contributed by atoms with E-state index in [0.29, 0.717) is 24.7 Å². The van der Waals surface area contributed by atoms with Gasteiger partial charge in [-0.15, -0.1) is 0 Å². The van der Waals surface area contributed by atoms with Crippen molar-refractivity contribution in [3.8, 4) is 11.5 Å². The fourth-order valence-electron chi connectivity index (χ4n) is 2.72. The molecule has 0 saturated carbocycles. The second-order valence-corrected chi connectivity index (χ2v) is 7.80. The van der Waals surface area contributed by atoms with Crippen molar-refractivity contribution >= 4 is 21.4 Å². The predicted octanol–water partition coefficient (Wildman–Crippen LogP) is 2.45. The smallest absolute Gasteiger partial charge is 0.293 e. The van der Waals surface area contributed by atoms with Gasteiger partial charge in [0.25, 0.3) is 5.69 Å². The number of hydrogen-bond acceptors (Lipinski definition) is 7. The lowest BCUT2D eigenvalue weighted by molar-refractivity contribution is -0.384. The molecule has 27 heavy (non-hydrogen) atoms. The van der Waals surface area contributed by atoms with Crippen LogP contribution in [0.1, 0.15) is 18.5 Å². The van der Waals surface area contributed by atoms with Crippen LogP contribution >= 0.6 is 0 Å². The van der Waals surface area contributed by atoms with Gasteiger partial charge in [0.15, 0.2) is 11.5 Å². The molecule has 0 unspecified atom stereocenters. The third-order valence-corrected chi connectivity index (χ3v) is 5.60. The lowest BCUT2D eigenvalue weighted by atomic mass is 10.1. The van der Waals surface area contributed by atoms with E-state index >= 15 is 0 Å². The molecular weight excluding hydrogens is 374 g/mol. The molecule has 0 fully saturated rings. The SMILES string of the molecule is CNS(=O)(=O)c1ccc(N[C@@H](C)c2ccc3c(c2)OCCO3)c([N+](=O)[O-])c1. The van der Waals surface area contributed by atoms with Gasteiger partial charge in [0.05, 0.1) is 9.82 Å². The molecule has 1 atom stereocenters. The van der Waals surface area contributed by atoms with Gasteiger partial charge >= 0.3 is 0 Å². The zero-order valence-corrected chi connectivity index (χ0v) is 15.6. The Kier molecular flexibility index (Phi) is 5.19. The number of nitrogens with zero attached hydrogens (tertiary/aromatic N) is 1. The molecule has 0 aromatic heterocycles. The lowest BCUT2D eigenvalue weighted by Gasteiger charge is -2.21. The van der Waals surface area contributed by atoms with Crippen LogP contribution in [0, 0.1) is 10.1 Å². The van der Waals surface area contributed by atoms with E-state index in [2.05, 4.69) is 10.0 Å². The topological polar surface area (TPSA) is 120 Å². The summed E-state index contributed by atoms with van der Waals surface area (Å²) >= 11 is 0. The lowest BCUT2D eigenvalue weighted by Crippen LogP contribution is -2.19. The molecule has 0 spiro atoms. The highest BCUT2D eigenvalue weighted by Gasteiger charge is 2.22. The molecule has 3 rings (SSSR count). The normalized spacial score (nSPS) is 14.4. The molecule has 0 aliphatic carbocycles. The summed E-state index contributed by atoms with van der Waals surface area (Å²) in [6.07, 6.45) is 0. The monoisotopic (exact) mass is 393 g/mol. The van der Waals surface area contributed by atoms with Gasteiger partial charge in [-0.3, -0.25) is 10.1 Å². The number of hydrogen-bond donors (Lipinski definition) is 2. The molecule has 0 saturated heterocycles. The number of benzene rings is 2. The Morgan fingerprint density at radius 2 is 1.81 bits per heavy atom. The second kappa shape index (κ2) is 7.41. The van der Waals surface area contributed by atoms with E-state index in [0.717, 1.165) is 11.6 Å². The average Bonchev–Trinajstić information content (AvgIpc) is 2.67. The molecule has 0 amide bonds. The quantitative estimate of drug-likeness (QED) is 0.571. The minimum absolute atomic E-state index is 0.172. The van der Waals surface area contributed by atoms with E-state index in [-0.39, 0.29) is 22.3 Å². The maximum Gasteiger partial charge on any atom is 0.293 e. The van der Waals surface area contributed by atoms with Gasteiger partial charge in [-0.1, -0.05) is 6.07 Å². The summed E-state index contributed by atoms with van der Waals surface area (Å²) in [5.41, 5.74) is 0.744. The van der Waals surface area contributed by atoms with Crippen LogP contribution in [0.5, 0.6) is 11.5 Å². The van der Waals surface area contributed by atoms with Crippen LogP contribution in [0.2, 0.25) is 0 Å². The minimum atomic E-state index is -3.77. The molecule has 0 radical (unpaired) electrons. The number of nitro groups is 1. The minimum Gasteiger partial charge on any atom is -0.486 e. The van der Waals surface area contributed by atoms with Gasteiger partial charge < -0.3 is 14.8 Å². The van der Waals surface area contributed by atoms with Crippen LogP contribution in [0.4, 0.5) is 11.4 Å². The molecule has 1 aliphatic rings. The van der Waals surface area contributed by atoms with Crippen LogP contribution in [-0.4, -0.2) is 33.6 Å². The zero-order chi connectivity index (χ0) is 19.6. The van der Waals surface area contributed by atoms with Gasteiger partial charge in [-0.05, 0) is 43.8 Å². The molecule has 0 bridgehead atoms. The number of rotatable bonds is 6. The summed E-state index contributed by atoms with van der Waals surface area (Å²) < 4.78 is 37.0. The van der Waals surface area contributed by atoms with Crippen LogP contribution in [0.25, 0.3) is 0 Å². The number of anilines is 1. The Morgan fingerprint density at radius 3 is 2.48 bits per heavy atom.